The number of hydrogen-bond acceptors (Lipinski definition) is 3. The number of rotatable bonds is 3. The fraction of sp³-hybridized carbons (Fsp3) is 0.389. The molecule has 0 aliphatic carbocycles. The topological polar surface area (TPSA) is 62.6 Å². The van der Waals surface area contributed by atoms with Crippen LogP contribution < -0.4 is 5.32 Å². The van der Waals surface area contributed by atoms with Crippen LogP contribution in [0.1, 0.15) is 37.5 Å². The van der Waals surface area contributed by atoms with Gasteiger partial charge < -0.3 is 14.6 Å². The molecular weight excluding hydrogens is 324 g/mol. The van der Waals surface area contributed by atoms with E-state index in [1.54, 1.807) is 30.7 Å². The Morgan fingerprint density at radius 2 is 2.12 bits per heavy atom. The lowest BCUT2D eigenvalue weighted by Gasteiger charge is -2.28. The van der Waals surface area contributed by atoms with Crippen LogP contribution in [0.4, 0.5) is 10.5 Å². The van der Waals surface area contributed by atoms with E-state index in [1.165, 1.54) is 0 Å². The molecule has 0 bridgehead atoms. The largest absolute Gasteiger partial charge is 0.467 e. The highest BCUT2D eigenvalue weighted by Gasteiger charge is 2.28. The number of benzene rings is 1. The summed E-state index contributed by atoms with van der Waals surface area (Å²) in [6.07, 6.45) is 7.37. The molecule has 0 unspecified atom stereocenters. The maximum atomic E-state index is 12.8. The predicted octanol–water partition coefficient (Wildman–Crippen LogP) is 4.17. The minimum atomic E-state index is -1.07. The molecule has 0 radical (unpaired) electrons. The van der Waals surface area contributed by atoms with Gasteiger partial charge in [0, 0.05) is 34.2 Å². The number of anilines is 1. The lowest BCUT2D eigenvalue weighted by molar-refractivity contribution is 0.179. The van der Waals surface area contributed by atoms with Gasteiger partial charge in [-0.2, -0.15) is 0 Å². The molecule has 1 aliphatic rings. The van der Waals surface area contributed by atoms with Crippen LogP contribution in [0.25, 0.3) is 0 Å². The summed E-state index contributed by atoms with van der Waals surface area (Å²) in [6, 6.07) is 10.8. The van der Waals surface area contributed by atoms with Gasteiger partial charge in [0.1, 0.15) is 5.76 Å². The smallest absolute Gasteiger partial charge is 0.322 e. The highest BCUT2D eigenvalue weighted by Crippen LogP contribution is 2.31. The van der Waals surface area contributed by atoms with Crippen molar-refractivity contribution in [3.8, 4) is 0 Å². The second kappa shape index (κ2) is 7.66. The second-order valence-corrected chi connectivity index (χ2v) is 7.37. The van der Waals surface area contributed by atoms with Crippen molar-refractivity contribution in [1.29, 1.82) is 0 Å². The normalized spacial score (nSPS) is 19.5. The van der Waals surface area contributed by atoms with E-state index in [0.29, 0.717) is 17.1 Å². The Balaban J connectivity index is 1.78. The molecule has 6 heteroatoms. The molecule has 24 heavy (non-hydrogen) atoms. The molecular formula is C18H22N2O3S. The van der Waals surface area contributed by atoms with Gasteiger partial charge in [-0.05, 0) is 43.2 Å². The first-order chi connectivity index (χ1) is 11.6. The van der Waals surface area contributed by atoms with Crippen LogP contribution in [0, 0.1) is 0 Å². The van der Waals surface area contributed by atoms with Gasteiger partial charge >= 0.3 is 6.03 Å². The van der Waals surface area contributed by atoms with Crippen molar-refractivity contribution in [3.05, 3.63) is 48.4 Å². The summed E-state index contributed by atoms with van der Waals surface area (Å²) in [4.78, 5) is 15.4. The van der Waals surface area contributed by atoms with Crippen molar-refractivity contribution in [2.75, 3.05) is 18.1 Å². The Hall–Kier alpha value is -2.08. The van der Waals surface area contributed by atoms with Crippen LogP contribution in [-0.4, -0.2) is 27.9 Å². The predicted molar refractivity (Wildman–Crippen MR) is 94.4 cm³/mol. The molecule has 5 nitrogen and oxygen atoms in total. The maximum Gasteiger partial charge on any atom is 0.322 e. The van der Waals surface area contributed by atoms with E-state index >= 15 is 0 Å². The molecule has 1 N–H and O–H groups in total. The third-order valence-electron chi connectivity index (χ3n) is 4.30. The molecule has 0 saturated carbocycles. The number of likely N-dealkylation sites (tertiary alicyclic amines) is 1. The average Bonchev–Trinajstić information content (AvgIpc) is 2.99. The summed E-state index contributed by atoms with van der Waals surface area (Å²) in [5.74, 6) is 0.829. The third-order valence-corrected chi connectivity index (χ3v) is 5.22. The van der Waals surface area contributed by atoms with Crippen molar-refractivity contribution in [2.24, 2.45) is 0 Å². The van der Waals surface area contributed by atoms with E-state index in [9.17, 15) is 9.00 Å². The van der Waals surface area contributed by atoms with Crippen LogP contribution in [0.15, 0.2) is 52.0 Å². The lowest BCUT2D eigenvalue weighted by atomic mass is 10.1. The van der Waals surface area contributed by atoms with Crippen LogP contribution in [0.2, 0.25) is 0 Å². The molecule has 1 saturated heterocycles. The molecule has 2 heterocycles. The number of nitrogens with one attached hydrogen (secondary N) is 1. The quantitative estimate of drug-likeness (QED) is 0.907. The zero-order valence-corrected chi connectivity index (χ0v) is 14.6. The standard InChI is InChI=1S/C18H22N2O3S/c1-24(22)15-8-5-7-14(13-15)19-18(21)20-11-4-2-3-9-16(20)17-10-6-12-23-17/h5-8,10,12-13,16H,2-4,9,11H2,1H3,(H,19,21)/t16-,24+/m1/s1. The van der Waals surface area contributed by atoms with Crippen molar-refractivity contribution >= 4 is 22.5 Å². The minimum Gasteiger partial charge on any atom is -0.467 e. The van der Waals surface area contributed by atoms with E-state index in [1.807, 2.05) is 23.1 Å². The second-order valence-electron chi connectivity index (χ2n) is 5.99. The highest BCUT2D eigenvalue weighted by molar-refractivity contribution is 7.84. The summed E-state index contributed by atoms with van der Waals surface area (Å²) in [5, 5.41) is 2.94. The first kappa shape index (κ1) is 16.8. The molecule has 1 aromatic carbocycles. The highest BCUT2D eigenvalue weighted by atomic mass is 32.2. The first-order valence-electron chi connectivity index (χ1n) is 8.19. The SMILES string of the molecule is C[S@](=O)c1cccc(NC(=O)N2CCCCC[C@@H]2c2ccco2)c1. The van der Waals surface area contributed by atoms with E-state index < -0.39 is 10.8 Å². The number of amides is 2. The minimum absolute atomic E-state index is 0.0361. The van der Waals surface area contributed by atoms with Crippen molar-refractivity contribution in [2.45, 2.75) is 36.6 Å². The van der Waals surface area contributed by atoms with Crippen molar-refractivity contribution in [3.63, 3.8) is 0 Å². The number of hydrogen-bond donors (Lipinski definition) is 1. The van der Waals surface area contributed by atoms with Crippen LogP contribution in [-0.2, 0) is 10.8 Å². The third kappa shape index (κ3) is 3.87. The molecule has 2 aromatic rings. The maximum absolute atomic E-state index is 12.8. The molecule has 2 amide bonds. The van der Waals surface area contributed by atoms with E-state index in [4.69, 9.17) is 4.42 Å². The fourth-order valence-electron chi connectivity index (χ4n) is 3.08. The molecule has 0 spiro atoms. The Morgan fingerprint density at radius 3 is 2.88 bits per heavy atom. The Kier molecular flexibility index (Phi) is 5.35. The summed E-state index contributed by atoms with van der Waals surface area (Å²) in [5.41, 5.74) is 0.662. The average molecular weight is 346 g/mol. The Labute approximate surface area is 144 Å². The fourth-order valence-corrected chi connectivity index (χ4v) is 3.64. The van der Waals surface area contributed by atoms with Gasteiger partial charge in [-0.3, -0.25) is 4.21 Å². The van der Waals surface area contributed by atoms with E-state index in [0.717, 1.165) is 31.4 Å². The summed E-state index contributed by atoms with van der Waals surface area (Å²) in [6.45, 7) is 0.705. The summed E-state index contributed by atoms with van der Waals surface area (Å²) < 4.78 is 17.2. The van der Waals surface area contributed by atoms with Crippen LogP contribution in [0.3, 0.4) is 0 Å². The molecule has 1 aliphatic heterocycles. The van der Waals surface area contributed by atoms with Crippen LogP contribution in [0.5, 0.6) is 0 Å². The van der Waals surface area contributed by atoms with Gasteiger partial charge in [0.05, 0.1) is 12.3 Å². The molecule has 3 rings (SSSR count). The van der Waals surface area contributed by atoms with Gasteiger partial charge in [-0.1, -0.05) is 18.9 Å². The first-order valence-corrected chi connectivity index (χ1v) is 9.75. The van der Waals surface area contributed by atoms with Gasteiger partial charge in [-0.25, -0.2) is 4.79 Å². The molecule has 2 atom stereocenters. The van der Waals surface area contributed by atoms with Gasteiger partial charge in [0.2, 0.25) is 0 Å². The van der Waals surface area contributed by atoms with Gasteiger partial charge in [0.15, 0.2) is 0 Å². The number of carbonyl (C=O) groups excluding carboxylic acids is 1. The summed E-state index contributed by atoms with van der Waals surface area (Å²) in [7, 11) is -1.07. The number of nitrogens with zero attached hydrogens (tertiary/aromatic N) is 1. The van der Waals surface area contributed by atoms with E-state index in [2.05, 4.69) is 5.32 Å². The Bertz CT molecular complexity index is 715. The molecule has 1 fully saturated rings. The number of carbonyl (C=O) groups is 1. The monoisotopic (exact) mass is 346 g/mol. The van der Waals surface area contributed by atoms with Crippen molar-refractivity contribution < 1.29 is 13.4 Å². The molecule has 128 valence electrons. The zero-order chi connectivity index (χ0) is 16.9. The number of furan rings is 1. The number of urea groups is 1. The van der Waals surface area contributed by atoms with Crippen molar-refractivity contribution in [1.82, 2.24) is 4.90 Å². The van der Waals surface area contributed by atoms with Gasteiger partial charge in [0.25, 0.3) is 0 Å². The molecule has 1 aromatic heterocycles. The summed E-state index contributed by atoms with van der Waals surface area (Å²) >= 11 is 0. The van der Waals surface area contributed by atoms with E-state index in [-0.39, 0.29) is 12.1 Å². The van der Waals surface area contributed by atoms with Gasteiger partial charge in [-0.15, -0.1) is 0 Å². The Morgan fingerprint density at radius 1 is 1.25 bits per heavy atom. The van der Waals surface area contributed by atoms with Crippen LogP contribution >= 0.6 is 0 Å². The zero-order valence-electron chi connectivity index (χ0n) is 13.7. The lowest BCUT2D eigenvalue weighted by Crippen LogP contribution is -2.37.